The van der Waals surface area contributed by atoms with Gasteiger partial charge in [0.15, 0.2) is 5.82 Å². The maximum Gasteiger partial charge on any atom is 0.181 e. The van der Waals surface area contributed by atoms with Crippen molar-refractivity contribution in [1.82, 2.24) is 15.0 Å². The van der Waals surface area contributed by atoms with E-state index in [1.165, 1.54) is 0 Å². The molecule has 2 heterocycles. The number of rotatable bonds is 3. The van der Waals surface area contributed by atoms with Crippen LogP contribution < -0.4 is 5.32 Å². The molecule has 100 valence electrons. The average Bonchev–Trinajstić information content (AvgIpc) is 2.39. The predicted octanol–water partition coefficient (Wildman–Crippen LogP) is 3.98. The number of nitrogens with zero attached hydrogens (tertiary/aromatic N) is 3. The van der Waals surface area contributed by atoms with Crippen LogP contribution >= 0.6 is 31.9 Å². The smallest absolute Gasteiger partial charge is 0.181 e. The Morgan fingerprint density at radius 3 is 2.58 bits per heavy atom. The van der Waals surface area contributed by atoms with Gasteiger partial charge in [-0.15, -0.1) is 0 Å². The number of pyridine rings is 1. The van der Waals surface area contributed by atoms with Gasteiger partial charge in [0.1, 0.15) is 11.5 Å². The van der Waals surface area contributed by atoms with E-state index in [4.69, 9.17) is 0 Å². The van der Waals surface area contributed by atoms with Gasteiger partial charge in [0.25, 0.3) is 0 Å². The first-order valence-corrected chi connectivity index (χ1v) is 7.52. The summed E-state index contributed by atoms with van der Waals surface area (Å²) in [5.74, 6) is 1.48. The van der Waals surface area contributed by atoms with Gasteiger partial charge in [-0.3, -0.25) is 4.98 Å². The summed E-state index contributed by atoms with van der Waals surface area (Å²) in [7, 11) is 1.86. The van der Waals surface area contributed by atoms with Crippen LogP contribution in [-0.4, -0.2) is 22.0 Å². The molecule has 0 aromatic carbocycles. The maximum absolute atomic E-state index is 4.60. The van der Waals surface area contributed by atoms with Crippen LogP contribution in [0.5, 0.6) is 0 Å². The SMILES string of the molecule is CCc1nc(-c2ncc(Br)cc2Br)nc(NC)c1C. The highest BCUT2D eigenvalue weighted by Gasteiger charge is 2.13. The third kappa shape index (κ3) is 2.95. The lowest BCUT2D eigenvalue weighted by Gasteiger charge is -2.11. The fourth-order valence-electron chi connectivity index (χ4n) is 1.84. The summed E-state index contributed by atoms with van der Waals surface area (Å²) >= 11 is 6.89. The van der Waals surface area contributed by atoms with Crippen molar-refractivity contribution in [3.05, 3.63) is 32.5 Å². The van der Waals surface area contributed by atoms with Crippen molar-refractivity contribution in [3.63, 3.8) is 0 Å². The number of anilines is 1. The molecule has 0 amide bonds. The Morgan fingerprint density at radius 2 is 2.00 bits per heavy atom. The highest BCUT2D eigenvalue weighted by molar-refractivity contribution is 9.11. The van der Waals surface area contributed by atoms with Crippen LogP contribution in [0.15, 0.2) is 21.2 Å². The Bertz CT molecular complexity index is 589. The van der Waals surface area contributed by atoms with E-state index in [1.54, 1.807) is 6.20 Å². The lowest BCUT2D eigenvalue weighted by atomic mass is 10.2. The van der Waals surface area contributed by atoms with Crippen molar-refractivity contribution < 1.29 is 0 Å². The first kappa shape index (κ1) is 14.4. The third-order valence-electron chi connectivity index (χ3n) is 2.84. The van der Waals surface area contributed by atoms with E-state index in [2.05, 4.69) is 59.1 Å². The molecule has 0 fully saturated rings. The summed E-state index contributed by atoms with van der Waals surface area (Å²) in [5.41, 5.74) is 2.86. The molecule has 0 bridgehead atoms. The minimum absolute atomic E-state index is 0.631. The van der Waals surface area contributed by atoms with Gasteiger partial charge in [-0.1, -0.05) is 6.92 Å². The molecule has 2 aromatic rings. The second kappa shape index (κ2) is 5.96. The Balaban J connectivity index is 2.62. The summed E-state index contributed by atoms with van der Waals surface area (Å²) in [6.45, 7) is 4.11. The van der Waals surface area contributed by atoms with Crippen LogP contribution in [-0.2, 0) is 6.42 Å². The molecule has 4 nitrogen and oxygen atoms in total. The second-order valence-electron chi connectivity index (χ2n) is 4.06. The van der Waals surface area contributed by atoms with Crippen LogP contribution in [0.2, 0.25) is 0 Å². The van der Waals surface area contributed by atoms with Crippen molar-refractivity contribution in [3.8, 4) is 11.5 Å². The lowest BCUT2D eigenvalue weighted by molar-refractivity contribution is 0.970. The molecule has 0 atom stereocenters. The van der Waals surface area contributed by atoms with Crippen LogP contribution in [0, 0.1) is 6.92 Å². The Labute approximate surface area is 129 Å². The number of aryl methyl sites for hydroxylation is 1. The summed E-state index contributed by atoms with van der Waals surface area (Å²) in [6.07, 6.45) is 2.61. The van der Waals surface area contributed by atoms with Gasteiger partial charge in [-0.25, -0.2) is 9.97 Å². The lowest BCUT2D eigenvalue weighted by Crippen LogP contribution is -2.05. The minimum Gasteiger partial charge on any atom is -0.373 e. The zero-order valence-corrected chi connectivity index (χ0v) is 14.1. The minimum atomic E-state index is 0.631. The average molecular weight is 386 g/mol. The van der Waals surface area contributed by atoms with Crippen molar-refractivity contribution in [1.29, 1.82) is 0 Å². The Hall–Kier alpha value is -1.01. The van der Waals surface area contributed by atoms with Gasteiger partial charge in [0.05, 0.1) is 0 Å². The van der Waals surface area contributed by atoms with Crippen LogP contribution in [0.4, 0.5) is 5.82 Å². The van der Waals surface area contributed by atoms with E-state index < -0.39 is 0 Å². The molecule has 0 saturated heterocycles. The Kier molecular flexibility index (Phi) is 4.52. The summed E-state index contributed by atoms with van der Waals surface area (Å²) in [6, 6.07) is 1.94. The largest absolute Gasteiger partial charge is 0.373 e. The van der Waals surface area contributed by atoms with Crippen LogP contribution in [0.25, 0.3) is 11.5 Å². The fraction of sp³-hybridized carbons (Fsp3) is 0.308. The molecule has 0 aliphatic rings. The monoisotopic (exact) mass is 384 g/mol. The molecule has 0 aliphatic heterocycles. The Morgan fingerprint density at radius 1 is 1.26 bits per heavy atom. The van der Waals surface area contributed by atoms with Crippen molar-refractivity contribution in [2.24, 2.45) is 0 Å². The number of hydrogen-bond acceptors (Lipinski definition) is 4. The fourth-order valence-corrected chi connectivity index (χ4v) is 3.00. The normalized spacial score (nSPS) is 10.6. The molecule has 2 aromatic heterocycles. The van der Waals surface area contributed by atoms with Crippen molar-refractivity contribution >= 4 is 37.7 Å². The van der Waals surface area contributed by atoms with Crippen molar-refractivity contribution in [2.45, 2.75) is 20.3 Å². The van der Waals surface area contributed by atoms with Gasteiger partial charge in [-0.05, 0) is 51.3 Å². The van der Waals surface area contributed by atoms with E-state index in [-0.39, 0.29) is 0 Å². The molecular formula is C13H14Br2N4. The molecule has 0 spiro atoms. The maximum atomic E-state index is 4.60. The predicted molar refractivity (Wildman–Crippen MR) is 84.3 cm³/mol. The van der Waals surface area contributed by atoms with Gasteiger partial charge in [0, 0.05) is 33.4 Å². The highest BCUT2D eigenvalue weighted by atomic mass is 79.9. The summed E-state index contributed by atoms with van der Waals surface area (Å²) in [5, 5.41) is 3.11. The summed E-state index contributed by atoms with van der Waals surface area (Å²) < 4.78 is 1.79. The molecule has 0 unspecified atom stereocenters. The van der Waals surface area contributed by atoms with Gasteiger partial charge >= 0.3 is 0 Å². The third-order valence-corrected chi connectivity index (χ3v) is 3.88. The van der Waals surface area contributed by atoms with E-state index >= 15 is 0 Å². The second-order valence-corrected chi connectivity index (χ2v) is 5.83. The quantitative estimate of drug-likeness (QED) is 0.868. The van der Waals surface area contributed by atoms with Crippen LogP contribution in [0.3, 0.4) is 0 Å². The molecule has 0 saturated carbocycles. The molecule has 2 rings (SSSR count). The van der Waals surface area contributed by atoms with E-state index in [9.17, 15) is 0 Å². The molecule has 1 N–H and O–H groups in total. The first-order valence-electron chi connectivity index (χ1n) is 5.93. The van der Waals surface area contributed by atoms with E-state index in [0.29, 0.717) is 5.82 Å². The number of aromatic nitrogens is 3. The number of halogens is 2. The standard InChI is InChI=1S/C13H14Br2N4/c1-4-10-7(2)12(16-3)19-13(18-10)11-9(15)5-8(14)6-17-11/h5-6H,4H2,1-3H3,(H,16,18,19). The van der Waals surface area contributed by atoms with E-state index in [1.807, 2.05) is 20.0 Å². The molecule has 6 heteroatoms. The van der Waals surface area contributed by atoms with Crippen molar-refractivity contribution in [2.75, 3.05) is 12.4 Å². The van der Waals surface area contributed by atoms with Crippen LogP contribution in [0.1, 0.15) is 18.2 Å². The number of nitrogens with one attached hydrogen (secondary N) is 1. The van der Waals surface area contributed by atoms with Gasteiger partial charge in [-0.2, -0.15) is 0 Å². The molecule has 19 heavy (non-hydrogen) atoms. The molecule has 0 aliphatic carbocycles. The molecule has 0 radical (unpaired) electrons. The van der Waals surface area contributed by atoms with Gasteiger partial charge in [0.2, 0.25) is 0 Å². The number of hydrogen-bond donors (Lipinski definition) is 1. The highest BCUT2D eigenvalue weighted by Crippen LogP contribution is 2.28. The zero-order chi connectivity index (χ0) is 14.0. The topological polar surface area (TPSA) is 50.7 Å². The summed E-state index contributed by atoms with van der Waals surface area (Å²) in [4.78, 5) is 13.5. The zero-order valence-electron chi connectivity index (χ0n) is 11.0. The molecular weight excluding hydrogens is 372 g/mol. The van der Waals surface area contributed by atoms with E-state index in [0.717, 1.165) is 38.1 Å². The first-order chi connectivity index (χ1) is 9.06. The van der Waals surface area contributed by atoms with Gasteiger partial charge < -0.3 is 5.32 Å².